The molecule has 0 aliphatic carbocycles. The minimum atomic E-state index is -0.597. The van der Waals surface area contributed by atoms with E-state index >= 15 is 0 Å². The van der Waals surface area contributed by atoms with Crippen LogP contribution in [0, 0.1) is 12.7 Å². The van der Waals surface area contributed by atoms with E-state index in [9.17, 15) is 9.18 Å². The molecule has 0 spiro atoms. The molecule has 0 aliphatic heterocycles. The van der Waals surface area contributed by atoms with Gasteiger partial charge in [0.05, 0.1) is 29.9 Å². The van der Waals surface area contributed by atoms with Gasteiger partial charge in [-0.3, -0.25) is 4.79 Å². The van der Waals surface area contributed by atoms with Crippen LogP contribution in [0.4, 0.5) is 4.39 Å². The summed E-state index contributed by atoms with van der Waals surface area (Å²) in [5.74, 6) is 0.319. The Bertz CT molecular complexity index is 953. The van der Waals surface area contributed by atoms with E-state index in [-0.39, 0.29) is 35.1 Å². The van der Waals surface area contributed by atoms with Gasteiger partial charge >= 0.3 is 0 Å². The third-order valence-corrected chi connectivity index (χ3v) is 4.31. The van der Waals surface area contributed by atoms with E-state index in [4.69, 9.17) is 25.6 Å². The summed E-state index contributed by atoms with van der Waals surface area (Å²) in [5.41, 5.74) is 0.476. The van der Waals surface area contributed by atoms with Gasteiger partial charge in [0.1, 0.15) is 29.5 Å². The number of aryl methyl sites for hydroxylation is 1. The molecule has 0 atom stereocenters. The number of benzene rings is 2. The first kappa shape index (κ1) is 19.7. The lowest BCUT2D eigenvalue weighted by Gasteiger charge is -2.09. The molecule has 0 saturated carbocycles. The van der Waals surface area contributed by atoms with Gasteiger partial charge in [-0.15, -0.1) is 0 Å². The number of hydrogen-bond acceptors (Lipinski definition) is 5. The number of halogens is 2. The number of amides is 1. The lowest BCUT2D eigenvalue weighted by molar-refractivity contribution is 0.0946. The Labute approximate surface area is 166 Å². The van der Waals surface area contributed by atoms with Crippen molar-refractivity contribution in [2.45, 2.75) is 6.92 Å². The summed E-state index contributed by atoms with van der Waals surface area (Å²) in [4.78, 5) is 12.6. The van der Waals surface area contributed by atoms with E-state index in [0.29, 0.717) is 11.4 Å². The number of aromatic nitrogens is 1. The molecular formula is C20H18ClFN2O4. The third-order valence-electron chi connectivity index (χ3n) is 4.00. The first-order chi connectivity index (χ1) is 13.5. The molecule has 0 fully saturated rings. The summed E-state index contributed by atoms with van der Waals surface area (Å²) in [6.07, 6.45) is 0. The number of rotatable bonds is 7. The average molecular weight is 405 g/mol. The molecule has 6 nitrogen and oxygen atoms in total. The molecule has 1 heterocycles. The Hall–Kier alpha value is -3.06. The normalized spacial score (nSPS) is 10.6. The molecule has 1 aromatic heterocycles. The van der Waals surface area contributed by atoms with E-state index in [1.54, 1.807) is 38.3 Å². The smallest absolute Gasteiger partial charge is 0.257 e. The second-order valence-electron chi connectivity index (χ2n) is 5.85. The molecule has 1 N–H and O–H groups in total. The van der Waals surface area contributed by atoms with Gasteiger partial charge < -0.3 is 19.3 Å². The second kappa shape index (κ2) is 8.75. The number of nitrogens with zero attached hydrogens (tertiary/aromatic N) is 1. The summed E-state index contributed by atoms with van der Waals surface area (Å²) in [6, 6.07) is 11.3. The quantitative estimate of drug-likeness (QED) is 0.595. The number of nitrogens with one attached hydrogen (secondary N) is 1. The zero-order chi connectivity index (χ0) is 20.1. The van der Waals surface area contributed by atoms with Crippen molar-refractivity contribution in [2.24, 2.45) is 0 Å². The van der Waals surface area contributed by atoms with E-state index in [1.807, 2.05) is 0 Å². The summed E-state index contributed by atoms with van der Waals surface area (Å²) in [7, 11) is 1.58. The molecule has 28 heavy (non-hydrogen) atoms. The highest BCUT2D eigenvalue weighted by atomic mass is 35.5. The molecule has 146 valence electrons. The number of carbonyl (C=O) groups excluding carboxylic acids is 1. The van der Waals surface area contributed by atoms with Crippen LogP contribution in [0.15, 0.2) is 47.0 Å². The maximum Gasteiger partial charge on any atom is 0.257 e. The van der Waals surface area contributed by atoms with Crippen LogP contribution in [0.2, 0.25) is 5.02 Å². The standard InChI is InChI=1S/C20H18ClFN2O4/c1-12-17(19(28-24-12)18-15(21)4-3-5-16(18)22)20(25)23-10-11-27-14-8-6-13(26-2)7-9-14/h3-9H,10-11H2,1-2H3,(H,23,25). The molecule has 1 amide bonds. The van der Waals surface area contributed by atoms with E-state index in [0.717, 1.165) is 5.75 Å². The van der Waals surface area contributed by atoms with Gasteiger partial charge in [0.2, 0.25) is 0 Å². The Kier molecular flexibility index (Phi) is 6.16. The Morgan fingerprint density at radius 3 is 2.61 bits per heavy atom. The average Bonchev–Trinajstić information content (AvgIpc) is 3.06. The first-order valence-electron chi connectivity index (χ1n) is 8.47. The molecule has 3 aromatic rings. The van der Waals surface area contributed by atoms with Gasteiger partial charge in [-0.05, 0) is 43.3 Å². The largest absolute Gasteiger partial charge is 0.497 e. The molecule has 0 aliphatic rings. The predicted molar refractivity (Wildman–Crippen MR) is 102 cm³/mol. The second-order valence-corrected chi connectivity index (χ2v) is 6.26. The maximum atomic E-state index is 14.2. The monoisotopic (exact) mass is 404 g/mol. The van der Waals surface area contributed by atoms with Crippen molar-refractivity contribution in [3.05, 3.63) is 64.6 Å². The van der Waals surface area contributed by atoms with Crippen LogP contribution >= 0.6 is 11.6 Å². The Balaban J connectivity index is 1.66. The first-order valence-corrected chi connectivity index (χ1v) is 8.84. The van der Waals surface area contributed by atoms with Crippen molar-refractivity contribution in [3.63, 3.8) is 0 Å². The molecule has 2 aromatic carbocycles. The molecule has 0 unspecified atom stereocenters. The van der Waals surface area contributed by atoms with Crippen LogP contribution < -0.4 is 14.8 Å². The number of carbonyl (C=O) groups is 1. The van der Waals surface area contributed by atoms with Crippen LogP contribution in [-0.2, 0) is 0 Å². The van der Waals surface area contributed by atoms with Gasteiger partial charge in [0, 0.05) is 0 Å². The topological polar surface area (TPSA) is 73.6 Å². The van der Waals surface area contributed by atoms with Gasteiger partial charge in [-0.1, -0.05) is 22.8 Å². The molecule has 0 saturated heterocycles. The molecule has 0 bridgehead atoms. The zero-order valence-electron chi connectivity index (χ0n) is 15.3. The van der Waals surface area contributed by atoms with Crippen molar-refractivity contribution >= 4 is 17.5 Å². The van der Waals surface area contributed by atoms with Crippen LogP contribution in [0.25, 0.3) is 11.3 Å². The zero-order valence-corrected chi connectivity index (χ0v) is 16.0. The van der Waals surface area contributed by atoms with Crippen LogP contribution in [0.5, 0.6) is 11.5 Å². The summed E-state index contributed by atoms with van der Waals surface area (Å²) >= 11 is 6.08. The van der Waals surface area contributed by atoms with E-state index < -0.39 is 11.7 Å². The lowest BCUT2D eigenvalue weighted by Crippen LogP contribution is -2.28. The van der Waals surface area contributed by atoms with Crippen molar-refractivity contribution in [3.8, 4) is 22.8 Å². The van der Waals surface area contributed by atoms with Crippen LogP contribution in [-0.4, -0.2) is 31.3 Å². The van der Waals surface area contributed by atoms with Crippen molar-refractivity contribution < 1.29 is 23.2 Å². The fourth-order valence-corrected chi connectivity index (χ4v) is 2.87. The predicted octanol–water partition coefficient (Wildman–Crippen LogP) is 4.26. The molecule has 8 heteroatoms. The maximum absolute atomic E-state index is 14.2. The third kappa shape index (κ3) is 4.26. The minimum absolute atomic E-state index is 0.00407. The van der Waals surface area contributed by atoms with Crippen molar-refractivity contribution in [1.29, 1.82) is 0 Å². The summed E-state index contributed by atoms with van der Waals surface area (Å²) in [6.45, 7) is 2.09. The van der Waals surface area contributed by atoms with E-state index in [1.165, 1.54) is 18.2 Å². The highest BCUT2D eigenvalue weighted by molar-refractivity contribution is 6.33. The minimum Gasteiger partial charge on any atom is -0.497 e. The molecular weight excluding hydrogens is 387 g/mol. The van der Waals surface area contributed by atoms with Gasteiger partial charge in [0.15, 0.2) is 5.76 Å². The fourth-order valence-electron chi connectivity index (χ4n) is 2.62. The van der Waals surface area contributed by atoms with Crippen LogP contribution in [0.1, 0.15) is 16.1 Å². The molecule has 0 radical (unpaired) electrons. The van der Waals surface area contributed by atoms with E-state index in [2.05, 4.69) is 10.5 Å². The number of hydrogen-bond donors (Lipinski definition) is 1. The Morgan fingerprint density at radius 2 is 1.93 bits per heavy atom. The van der Waals surface area contributed by atoms with Crippen molar-refractivity contribution in [2.75, 3.05) is 20.3 Å². The van der Waals surface area contributed by atoms with Gasteiger partial charge in [-0.25, -0.2) is 4.39 Å². The highest BCUT2D eigenvalue weighted by Gasteiger charge is 2.25. The molecule has 3 rings (SSSR count). The van der Waals surface area contributed by atoms with Gasteiger partial charge in [-0.2, -0.15) is 0 Å². The fraction of sp³-hybridized carbons (Fsp3) is 0.200. The summed E-state index contributed by atoms with van der Waals surface area (Å²) < 4.78 is 30.0. The highest BCUT2D eigenvalue weighted by Crippen LogP contribution is 2.34. The Morgan fingerprint density at radius 1 is 1.21 bits per heavy atom. The number of methoxy groups -OCH3 is 1. The number of ether oxygens (including phenoxy) is 2. The lowest BCUT2D eigenvalue weighted by atomic mass is 10.1. The SMILES string of the molecule is COc1ccc(OCCNC(=O)c2c(C)noc2-c2c(F)cccc2Cl)cc1. The van der Waals surface area contributed by atoms with Crippen molar-refractivity contribution in [1.82, 2.24) is 10.5 Å². The van der Waals surface area contributed by atoms with Gasteiger partial charge in [0.25, 0.3) is 5.91 Å². The van der Waals surface area contributed by atoms with Crippen LogP contribution in [0.3, 0.4) is 0 Å². The summed E-state index contributed by atoms with van der Waals surface area (Å²) in [5, 5.41) is 6.63.